The third kappa shape index (κ3) is 4.00. The summed E-state index contributed by atoms with van der Waals surface area (Å²) in [5.41, 5.74) is 7.41. The highest BCUT2D eigenvalue weighted by molar-refractivity contribution is 5.35. The normalized spacial score (nSPS) is 13.1. The van der Waals surface area contributed by atoms with Crippen molar-refractivity contribution in [1.29, 1.82) is 0 Å². The number of hydrogen-bond acceptors (Lipinski definition) is 3. The molecule has 0 saturated heterocycles. The van der Waals surface area contributed by atoms with E-state index in [0.717, 1.165) is 24.4 Å². The number of nitrogens with zero attached hydrogens (tertiary/aromatic N) is 1. The minimum absolute atomic E-state index is 0.00454. The average molecular weight is 250 g/mol. The first-order valence-electron chi connectivity index (χ1n) is 6.81. The number of rotatable bonds is 7. The second kappa shape index (κ2) is 7.39. The van der Waals surface area contributed by atoms with Crippen molar-refractivity contribution in [3.63, 3.8) is 0 Å². The molecular formula is C15H26N2O. The zero-order chi connectivity index (χ0) is 13.5. The van der Waals surface area contributed by atoms with Crippen molar-refractivity contribution >= 4 is 0 Å². The molecule has 0 aliphatic rings. The number of benzene rings is 1. The average Bonchev–Trinajstić information content (AvgIpc) is 2.36. The first-order valence-corrected chi connectivity index (χ1v) is 6.81. The minimum atomic E-state index is -0.00454. The summed E-state index contributed by atoms with van der Waals surface area (Å²) in [7, 11) is 0. The van der Waals surface area contributed by atoms with E-state index in [1.54, 1.807) is 0 Å². The van der Waals surface area contributed by atoms with Gasteiger partial charge >= 0.3 is 0 Å². The van der Waals surface area contributed by atoms with Gasteiger partial charge in [-0.05, 0) is 33.4 Å². The molecule has 0 heterocycles. The van der Waals surface area contributed by atoms with Crippen molar-refractivity contribution in [3.8, 4) is 5.75 Å². The fourth-order valence-electron chi connectivity index (χ4n) is 2.13. The smallest absolute Gasteiger partial charge is 0.124 e. The van der Waals surface area contributed by atoms with Gasteiger partial charge in [0.1, 0.15) is 5.75 Å². The van der Waals surface area contributed by atoms with E-state index in [1.807, 2.05) is 25.1 Å². The topological polar surface area (TPSA) is 38.5 Å². The summed E-state index contributed by atoms with van der Waals surface area (Å²) in [4.78, 5) is 2.37. The van der Waals surface area contributed by atoms with Crippen LogP contribution in [0, 0.1) is 0 Å². The Hall–Kier alpha value is -1.06. The fourth-order valence-corrected chi connectivity index (χ4v) is 2.13. The highest BCUT2D eigenvalue weighted by Gasteiger charge is 2.16. The van der Waals surface area contributed by atoms with E-state index in [9.17, 15) is 0 Å². The van der Waals surface area contributed by atoms with Crippen LogP contribution in [-0.2, 0) is 0 Å². The van der Waals surface area contributed by atoms with Crippen molar-refractivity contribution in [2.75, 3.05) is 19.7 Å². The van der Waals surface area contributed by atoms with Crippen LogP contribution < -0.4 is 10.5 Å². The van der Waals surface area contributed by atoms with E-state index >= 15 is 0 Å². The van der Waals surface area contributed by atoms with Crippen LogP contribution >= 0.6 is 0 Å². The van der Waals surface area contributed by atoms with Gasteiger partial charge in [-0.3, -0.25) is 4.90 Å². The molecule has 0 aliphatic heterocycles. The Bertz CT molecular complexity index is 352. The van der Waals surface area contributed by atoms with Gasteiger partial charge in [-0.2, -0.15) is 0 Å². The quantitative estimate of drug-likeness (QED) is 0.808. The highest BCUT2D eigenvalue weighted by Crippen LogP contribution is 2.24. The SMILES string of the molecule is CCOc1ccccc1C(N)CN(CC)C(C)C. The van der Waals surface area contributed by atoms with Gasteiger partial charge in [0.25, 0.3) is 0 Å². The largest absolute Gasteiger partial charge is 0.494 e. The van der Waals surface area contributed by atoms with Gasteiger partial charge in [0, 0.05) is 24.2 Å². The molecule has 0 saturated carbocycles. The molecule has 0 amide bonds. The molecule has 1 unspecified atom stereocenters. The first-order chi connectivity index (χ1) is 8.60. The zero-order valence-electron chi connectivity index (χ0n) is 12.0. The summed E-state index contributed by atoms with van der Waals surface area (Å²) in [6, 6.07) is 8.56. The second-order valence-electron chi connectivity index (χ2n) is 4.76. The second-order valence-corrected chi connectivity index (χ2v) is 4.76. The molecule has 1 atom stereocenters. The predicted molar refractivity (Wildman–Crippen MR) is 76.9 cm³/mol. The molecule has 102 valence electrons. The molecule has 18 heavy (non-hydrogen) atoms. The third-order valence-electron chi connectivity index (χ3n) is 3.19. The first kappa shape index (κ1) is 15.0. The Morgan fingerprint density at radius 2 is 1.89 bits per heavy atom. The maximum absolute atomic E-state index is 6.32. The molecule has 0 aliphatic carbocycles. The van der Waals surface area contributed by atoms with Crippen molar-refractivity contribution < 1.29 is 4.74 Å². The summed E-state index contributed by atoms with van der Waals surface area (Å²) in [6.45, 7) is 11.1. The Kier molecular flexibility index (Phi) is 6.16. The van der Waals surface area contributed by atoms with Crippen LogP contribution in [0.2, 0.25) is 0 Å². The Morgan fingerprint density at radius 1 is 1.22 bits per heavy atom. The van der Waals surface area contributed by atoms with Crippen LogP contribution in [0.1, 0.15) is 39.3 Å². The van der Waals surface area contributed by atoms with Crippen molar-refractivity contribution in [2.45, 2.75) is 39.8 Å². The molecule has 0 radical (unpaired) electrons. The van der Waals surface area contributed by atoms with Crippen LogP contribution in [0.3, 0.4) is 0 Å². The molecule has 1 rings (SSSR count). The standard InChI is InChI=1S/C15H26N2O/c1-5-17(12(3)4)11-14(16)13-9-7-8-10-15(13)18-6-2/h7-10,12,14H,5-6,11,16H2,1-4H3. The maximum atomic E-state index is 6.32. The predicted octanol–water partition coefficient (Wildman–Crippen LogP) is 2.82. The summed E-state index contributed by atoms with van der Waals surface area (Å²) < 4.78 is 5.64. The lowest BCUT2D eigenvalue weighted by Crippen LogP contribution is -2.37. The van der Waals surface area contributed by atoms with E-state index < -0.39 is 0 Å². The van der Waals surface area contributed by atoms with Gasteiger partial charge in [0.05, 0.1) is 6.61 Å². The molecule has 0 aromatic heterocycles. The highest BCUT2D eigenvalue weighted by atomic mass is 16.5. The van der Waals surface area contributed by atoms with Crippen molar-refractivity contribution in [3.05, 3.63) is 29.8 Å². The molecule has 0 fully saturated rings. The van der Waals surface area contributed by atoms with E-state index in [0.29, 0.717) is 12.6 Å². The monoisotopic (exact) mass is 250 g/mol. The minimum Gasteiger partial charge on any atom is -0.494 e. The molecular weight excluding hydrogens is 224 g/mol. The molecule has 2 N–H and O–H groups in total. The van der Waals surface area contributed by atoms with Crippen LogP contribution in [0.25, 0.3) is 0 Å². The number of nitrogens with two attached hydrogens (primary N) is 1. The zero-order valence-corrected chi connectivity index (χ0v) is 12.0. The summed E-state index contributed by atoms with van der Waals surface area (Å²) in [6.07, 6.45) is 0. The van der Waals surface area contributed by atoms with E-state index in [2.05, 4.69) is 31.7 Å². The van der Waals surface area contributed by atoms with Crippen LogP contribution in [0.5, 0.6) is 5.75 Å². The van der Waals surface area contributed by atoms with Gasteiger partial charge in [0.2, 0.25) is 0 Å². The van der Waals surface area contributed by atoms with Crippen molar-refractivity contribution in [1.82, 2.24) is 4.90 Å². The molecule has 0 spiro atoms. The van der Waals surface area contributed by atoms with Gasteiger partial charge in [-0.15, -0.1) is 0 Å². The maximum Gasteiger partial charge on any atom is 0.124 e. The van der Waals surface area contributed by atoms with Crippen LogP contribution in [0.4, 0.5) is 0 Å². The Labute approximate surface area is 111 Å². The van der Waals surface area contributed by atoms with Crippen LogP contribution in [-0.4, -0.2) is 30.6 Å². The van der Waals surface area contributed by atoms with Gasteiger partial charge < -0.3 is 10.5 Å². The Balaban J connectivity index is 2.79. The lowest BCUT2D eigenvalue weighted by Gasteiger charge is -2.28. The summed E-state index contributed by atoms with van der Waals surface area (Å²) >= 11 is 0. The number of hydrogen-bond donors (Lipinski definition) is 1. The molecule has 1 aromatic carbocycles. The van der Waals surface area contributed by atoms with Gasteiger partial charge in [-0.1, -0.05) is 25.1 Å². The van der Waals surface area contributed by atoms with Gasteiger partial charge in [0.15, 0.2) is 0 Å². The third-order valence-corrected chi connectivity index (χ3v) is 3.19. The molecule has 3 heteroatoms. The number of ether oxygens (including phenoxy) is 1. The number of para-hydroxylation sites is 1. The lowest BCUT2D eigenvalue weighted by molar-refractivity contribution is 0.218. The Morgan fingerprint density at radius 3 is 2.44 bits per heavy atom. The van der Waals surface area contributed by atoms with Gasteiger partial charge in [-0.25, -0.2) is 0 Å². The summed E-state index contributed by atoms with van der Waals surface area (Å²) in [5.74, 6) is 0.910. The van der Waals surface area contributed by atoms with E-state index in [1.165, 1.54) is 0 Å². The van der Waals surface area contributed by atoms with Crippen molar-refractivity contribution in [2.24, 2.45) is 5.73 Å². The molecule has 1 aromatic rings. The molecule has 3 nitrogen and oxygen atoms in total. The van der Waals surface area contributed by atoms with E-state index in [4.69, 9.17) is 10.5 Å². The molecule has 0 bridgehead atoms. The lowest BCUT2D eigenvalue weighted by atomic mass is 10.1. The van der Waals surface area contributed by atoms with E-state index in [-0.39, 0.29) is 6.04 Å². The van der Waals surface area contributed by atoms with Crippen LogP contribution in [0.15, 0.2) is 24.3 Å². The fraction of sp³-hybridized carbons (Fsp3) is 0.600. The number of likely N-dealkylation sites (N-methyl/N-ethyl adjacent to an activating group) is 1. The summed E-state index contributed by atoms with van der Waals surface area (Å²) in [5, 5.41) is 0.